The summed E-state index contributed by atoms with van der Waals surface area (Å²) in [5, 5.41) is 13.2. The van der Waals surface area contributed by atoms with Crippen LogP contribution in [-0.4, -0.2) is 35.3 Å². The average Bonchev–Trinajstić information content (AvgIpc) is 3.37. The van der Waals surface area contributed by atoms with Gasteiger partial charge in [-0.15, -0.1) is 11.3 Å². The van der Waals surface area contributed by atoms with Crippen molar-refractivity contribution in [3.63, 3.8) is 0 Å². The number of nitrogens with zero attached hydrogens (tertiary/aromatic N) is 2. The van der Waals surface area contributed by atoms with Crippen LogP contribution in [0.25, 0.3) is 16.3 Å². The molecular weight excluding hydrogens is 344 g/mol. The first-order chi connectivity index (χ1) is 12.8. The van der Waals surface area contributed by atoms with Crippen molar-refractivity contribution in [2.24, 2.45) is 5.92 Å². The number of carbonyl (C=O) groups excluding carboxylic acids is 1. The van der Waals surface area contributed by atoms with Crippen molar-refractivity contribution in [2.45, 2.75) is 12.8 Å². The lowest BCUT2D eigenvalue weighted by molar-refractivity contribution is 0.0945. The molecule has 2 N–H and O–H groups in total. The molecule has 1 aliphatic heterocycles. The maximum absolute atomic E-state index is 12.9. The van der Waals surface area contributed by atoms with Gasteiger partial charge in [0.2, 0.25) is 0 Å². The Kier molecular flexibility index (Phi) is 5.13. The Bertz CT molecular complexity index is 851. The molecule has 2 aromatic heterocycles. The molecule has 1 aromatic carbocycles. The minimum absolute atomic E-state index is 0.0545. The van der Waals surface area contributed by atoms with Crippen molar-refractivity contribution in [3.8, 4) is 16.3 Å². The third-order valence-electron chi connectivity index (χ3n) is 4.68. The molecule has 4 rings (SSSR count). The molecule has 5 nitrogen and oxygen atoms in total. The first-order valence-corrected chi connectivity index (χ1v) is 9.87. The number of carbonyl (C=O) groups is 1. The van der Waals surface area contributed by atoms with E-state index in [2.05, 4.69) is 10.6 Å². The summed E-state index contributed by atoms with van der Waals surface area (Å²) in [6, 6.07) is 13.9. The standard InChI is InChI=1S/C20H22N4OS/c25-20(22-13-15-6-4-10-21-12-15)17-14-24(16-7-2-1-3-8-16)23-19(17)18-9-5-11-26-18/h1-3,5,7-9,11,14-15,21H,4,6,10,12-13H2,(H,22,25). The highest BCUT2D eigenvalue weighted by molar-refractivity contribution is 7.13. The molecule has 1 unspecified atom stereocenters. The van der Waals surface area contributed by atoms with Crippen molar-refractivity contribution < 1.29 is 4.79 Å². The highest BCUT2D eigenvalue weighted by Gasteiger charge is 2.21. The Labute approximate surface area is 157 Å². The van der Waals surface area contributed by atoms with E-state index in [4.69, 9.17) is 5.10 Å². The van der Waals surface area contributed by atoms with Crippen molar-refractivity contribution in [1.29, 1.82) is 0 Å². The van der Waals surface area contributed by atoms with Gasteiger partial charge < -0.3 is 10.6 Å². The van der Waals surface area contributed by atoms with Crippen LogP contribution in [0.3, 0.4) is 0 Å². The van der Waals surface area contributed by atoms with Crippen LogP contribution in [0, 0.1) is 5.92 Å². The molecule has 1 fully saturated rings. The van der Waals surface area contributed by atoms with E-state index >= 15 is 0 Å². The van der Waals surface area contributed by atoms with Crippen LogP contribution in [0.5, 0.6) is 0 Å². The molecule has 1 atom stereocenters. The molecule has 0 radical (unpaired) electrons. The van der Waals surface area contributed by atoms with Crippen LogP contribution in [0.2, 0.25) is 0 Å². The lowest BCUT2D eigenvalue weighted by Crippen LogP contribution is -2.38. The molecule has 3 aromatic rings. The zero-order chi connectivity index (χ0) is 17.8. The largest absolute Gasteiger partial charge is 0.352 e. The van der Waals surface area contributed by atoms with E-state index in [1.807, 2.05) is 54.0 Å². The van der Waals surface area contributed by atoms with Crippen LogP contribution < -0.4 is 10.6 Å². The Morgan fingerprint density at radius 1 is 1.27 bits per heavy atom. The van der Waals surface area contributed by atoms with Crippen LogP contribution in [-0.2, 0) is 0 Å². The highest BCUT2D eigenvalue weighted by Crippen LogP contribution is 2.27. The maximum atomic E-state index is 12.9. The van der Waals surface area contributed by atoms with Crippen molar-refractivity contribution in [2.75, 3.05) is 19.6 Å². The molecule has 26 heavy (non-hydrogen) atoms. The Morgan fingerprint density at radius 3 is 2.88 bits per heavy atom. The summed E-state index contributed by atoms with van der Waals surface area (Å²) in [5.41, 5.74) is 2.31. The van der Waals surface area contributed by atoms with Gasteiger partial charge in [-0.05, 0) is 55.4 Å². The molecule has 0 saturated carbocycles. The van der Waals surface area contributed by atoms with Gasteiger partial charge in [-0.2, -0.15) is 5.10 Å². The van der Waals surface area contributed by atoms with E-state index in [0.29, 0.717) is 18.0 Å². The number of hydrogen-bond acceptors (Lipinski definition) is 4. The first-order valence-electron chi connectivity index (χ1n) is 8.99. The van der Waals surface area contributed by atoms with Crippen LogP contribution in [0.15, 0.2) is 54.0 Å². The van der Waals surface area contributed by atoms with Gasteiger partial charge in [-0.25, -0.2) is 4.68 Å². The lowest BCUT2D eigenvalue weighted by atomic mass is 9.99. The van der Waals surface area contributed by atoms with E-state index in [9.17, 15) is 4.79 Å². The first kappa shape index (κ1) is 17.0. The SMILES string of the molecule is O=C(NCC1CCCNC1)c1cn(-c2ccccc2)nc1-c1cccs1. The second-order valence-corrected chi connectivity index (χ2v) is 7.52. The number of piperidine rings is 1. The van der Waals surface area contributed by atoms with Crippen molar-refractivity contribution in [1.82, 2.24) is 20.4 Å². The molecular formula is C20H22N4OS. The monoisotopic (exact) mass is 366 g/mol. The number of benzene rings is 1. The van der Waals surface area contributed by atoms with E-state index in [1.165, 1.54) is 6.42 Å². The second-order valence-electron chi connectivity index (χ2n) is 6.57. The van der Waals surface area contributed by atoms with E-state index in [1.54, 1.807) is 16.0 Å². The Hall–Kier alpha value is -2.44. The molecule has 134 valence electrons. The third-order valence-corrected chi connectivity index (χ3v) is 5.56. The normalized spacial score (nSPS) is 17.2. The van der Waals surface area contributed by atoms with Crippen LogP contribution >= 0.6 is 11.3 Å². The predicted molar refractivity (Wildman–Crippen MR) is 105 cm³/mol. The zero-order valence-electron chi connectivity index (χ0n) is 14.5. The molecule has 0 bridgehead atoms. The number of rotatable bonds is 5. The quantitative estimate of drug-likeness (QED) is 0.728. The second kappa shape index (κ2) is 7.85. The molecule has 1 amide bonds. The zero-order valence-corrected chi connectivity index (χ0v) is 15.3. The van der Waals surface area contributed by atoms with E-state index in [0.717, 1.165) is 35.8 Å². The van der Waals surface area contributed by atoms with Gasteiger partial charge in [-0.3, -0.25) is 4.79 Å². The smallest absolute Gasteiger partial charge is 0.255 e. The fraction of sp³-hybridized carbons (Fsp3) is 0.300. The fourth-order valence-electron chi connectivity index (χ4n) is 3.28. The van der Waals surface area contributed by atoms with Crippen molar-refractivity contribution >= 4 is 17.2 Å². The fourth-order valence-corrected chi connectivity index (χ4v) is 4.00. The number of hydrogen-bond donors (Lipinski definition) is 2. The van der Waals surface area contributed by atoms with E-state index < -0.39 is 0 Å². The summed E-state index contributed by atoms with van der Waals surface area (Å²) in [5.74, 6) is 0.447. The maximum Gasteiger partial charge on any atom is 0.255 e. The third kappa shape index (κ3) is 3.71. The van der Waals surface area contributed by atoms with E-state index in [-0.39, 0.29) is 5.91 Å². The number of aromatic nitrogens is 2. The topological polar surface area (TPSA) is 59.0 Å². The van der Waals surface area contributed by atoms with Crippen LogP contribution in [0.4, 0.5) is 0 Å². The Morgan fingerprint density at radius 2 is 2.15 bits per heavy atom. The molecule has 1 aliphatic rings. The minimum atomic E-state index is -0.0545. The average molecular weight is 366 g/mol. The summed E-state index contributed by atoms with van der Waals surface area (Å²) in [4.78, 5) is 13.9. The number of nitrogens with one attached hydrogen (secondary N) is 2. The molecule has 3 heterocycles. The summed E-state index contributed by atoms with van der Waals surface area (Å²) < 4.78 is 1.78. The molecule has 0 spiro atoms. The van der Waals surface area contributed by atoms with Gasteiger partial charge in [0.15, 0.2) is 0 Å². The number of thiophene rings is 1. The predicted octanol–water partition coefficient (Wildman–Crippen LogP) is 3.33. The number of amides is 1. The molecule has 1 saturated heterocycles. The lowest BCUT2D eigenvalue weighted by Gasteiger charge is -2.22. The summed E-state index contributed by atoms with van der Waals surface area (Å²) in [6.45, 7) is 2.75. The Balaban J connectivity index is 1.59. The van der Waals surface area contributed by atoms with Gasteiger partial charge in [-0.1, -0.05) is 24.3 Å². The minimum Gasteiger partial charge on any atom is -0.352 e. The summed E-state index contributed by atoms with van der Waals surface area (Å²) in [7, 11) is 0. The van der Waals surface area contributed by atoms with Crippen LogP contribution in [0.1, 0.15) is 23.2 Å². The van der Waals surface area contributed by atoms with Crippen molar-refractivity contribution in [3.05, 3.63) is 59.6 Å². The van der Waals surface area contributed by atoms with Gasteiger partial charge in [0, 0.05) is 12.7 Å². The summed E-state index contributed by atoms with van der Waals surface area (Å²) >= 11 is 1.60. The highest BCUT2D eigenvalue weighted by atomic mass is 32.1. The number of para-hydroxylation sites is 1. The van der Waals surface area contributed by atoms with Gasteiger partial charge in [0.25, 0.3) is 5.91 Å². The molecule has 6 heteroatoms. The molecule has 0 aliphatic carbocycles. The van der Waals surface area contributed by atoms with Gasteiger partial charge >= 0.3 is 0 Å². The van der Waals surface area contributed by atoms with Gasteiger partial charge in [0.05, 0.1) is 16.1 Å². The van der Waals surface area contributed by atoms with Gasteiger partial charge in [0.1, 0.15) is 5.69 Å². The summed E-state index contributed by atoms with van der Waals surface area (Å²) in [6.07, 6.45) is 4.17.